The van der Waals surface area contributed by atoms with Crippen LogP contribution in [0.15, 0.2) is 12.2 Å². The van der Waals surface area contributed by atoms with E-state index in [-0.39, 0.29) is 5.41 Å². The summed E-state index contributed by atoms with van der Waals surface area (Å²) in [7, 11) is 0. The zero-order valence-corrected chi connectivity index (χ0v) is 5.36. The van der Waals surface area contributed by atoms with E-state index < -0.39 is 0 Å². The SMILES string of the molecule is CC1(C)CC=CC1=N. The van der Waals surface area contributed by atoms with Crippen molar-refractivity contribution in [3.05, 3.63) is 12.2 Å². The minimum Gasteiger partial charge on any atom is -0.305 e. The van der Waals surface area contributed by atoms with Gasteiger partial charge in [0.05, 0.1) is 0 Å². The van der Waals surface area contributed by atoms with Gasteiger partial charge in [0.2, 0.25) is 0 Å². The van der Waals surface area contributed by atoms with Gasteiger partial charge in [-0.15, -0.1) is 0 Å². The van der Waals surface area contributed by atoms with E-state index in [1.165, 1.54) is 0 Å². The molecule has 0 aromatic rings. The largest absolute Gasteiger partial charge is 0.305 e. The normalized spacial score (nSPS) is 24.5. The number of hydrogen-bond acceptors (Lipinski definition) is 1. The summed E-state index contributed by atoms with van der Waals surface area (Å²) in [5.74, 6) is 0. The molecule has 0 unspecified atom stereocenters. The molecule has 8 heavy (non-hydrogen) atoms. The van der Waals surface area contributed by atoms with Crippen molar-refractivity contribution in [3.63, 3.8) is 0 Å². The molecule has 44 valence electrons. The number of nitrogens with one attached hydrogen (secondary N) is 1. The molecule has 0 spiro atoms. The van der Waals surface area contributed by atoms with Gasteiger partial charge in [-0.25, -0.2) is 0 Å². The van der Waals surface area contributed by atoms with Gasteiger partial charge in [0.15, 0.2) is 0 Å². The molecule has 1 nitrogen and oxygen atoms in total. The van der Waals surface area contributed by atoms with E-state index in [2.05, 4.69) is 19.9 Å². The molecule has 1 aliphatic rings. The highest BCUT2D eigenvalue weighted by Gasteiger charge is 2.23. The average molecular weight is 109 g/mol. The Balaban J connectivity index is 2.79. The van der Waals surface area contributed by atoms with Gasteiger partial charge in [0, 0.05) is 11.1 Å². The van der Waals surface area contributed by atoms with Crippen LogP contribution in [0.3, 0.4) is 0 Å². The first kappa shape index (κ1) is 5.54. The van der Waals surface area contributed by atoms with Crippen LogP contribution in [0.2, 0.25) is 0 Å². The lowest BCUT2D eigenvalue weighted by atomic mass is 9.89. The third-order valence-electron chi connectivity index (χ3n) is 1.64. The van der Waals surface area contributed by atoms with Gasteiger partial charge >= 0.3 is 0 Å². The van der Waals surface area contributed by atoms with Crippen molar-refractivity contribution in [2.75, 3.05) is 0 Å². The molecule has 1 heteroatoms. The second-order valence-electron chi connectivity index (χ2n) is 2.90. The molecule has 1 rings (SSSR count). The van der Waals surface area contributed by atoms with Gasteiger partial charge in [-0.05, 0) is 12.5 Å². The first-order valence-corrected chi connectivity index (χ1v) is 2.88. The smallest absolute Gasteiger partial charge is 0.0370 e. The summed E-state index contributed by atoms with van der Waals surface area (Å²) in [6, 6.07) is 0. The predicted molar refractivity (Wildman–Crippen MR) is 35.3 cm³/mol. The van der Waals surface area contributed by atoms with Gasteiger partial charge in [-0.1, -0.05) is 19.9 Å². The molecule has 0 saturated heterocycles. The van der Waals surface area contributed by atoms with E-state index in [9.17, 15) is 0 Å². The van der Waals surface area contributed by atoms with E-state index in [1.54, 1.807) is 0 Å². The van der Waals surface area contributed by atoms with Gasteiger partial charge in [-0.3, -0.25) is 0 Å². The zero-order valence-electron chi connectivity index (χ0n) is 5.36. The standard InChI is InChI=1S/C7H11N/c1-7(2)5-3-4-6(7)8/h3-4,8H,5H2,1-2H3. The van der Waals surface area contributed by atoms with Crippen LogP contribution in [0.25, 0.3) is 0 Å². The molecule has 0 aromatic heterocycles. The van der Waals surface area contributed by atoms with Crippen LogP contribution in [0.4, 0.5) is 0 Å². The van der Waals surface area contributed by atoms with E-state index in [1.807, 2.05) is 6.08 Å². The summed E-state index contributed by atoms with van der Waals surface area (Å²) in [4.78, 5) is 0. The van der Waals surface area contributed by atoms with Gasteiger partial charge < -0.3 is 5.41 Å². The van der Waals surface area contributed by atoms with Gasteiger partial charge in [-0.2, -0.15) is 0 Å². The van der Waals surface area contributed by atoms with Crippen LogP contribution in [0.1, 0.15) is 20.3 Å². The van der Waals surface area contributed by atoms with Crippen molar-refractivity contribution in [3.8, 4) is 0 Å². The minimum atomic E-state index is 0.125. The molecular weight excluding hydrogens is 98.1 g/mol. The lowest BCUT2D eigenvalue weighted by Crippen LogP contribution is -2.15. The molecular formula is C7H11N. The Kier molecular flexibility index (Phi) is 0.999. The molecule has 1 N–H and O–H groups in total. The van der Waals surface area contributed by atoms with Gasteiger partial charge in [0.25, 0.3) is 0 Å². The van der Waals surface area contributed by atoms with Crippen molar-refractivity contribution in [1.82, 2.24) is 0 Å². The molecule has 0 fully saturated rings. The lowest BCUT2D eigenvalue weighted by Gasteiger charge is -2.15. The van der Waals surface area contributed by atoms with Crippen LogP contribution in [0.5, 0.6) is 0 Å². The summed E-state index contributed by atoms with van der Waals surface area (Å²) in [5, 5.41) is 7.36. The second-order valence-corrected chi connectivity index (χ2v) is 2.90. The Bertz CT molecular complexity index is 142. The lowest BCUT2D eigenvalue weighted by molar-refractivity contribution is 0.546. The van der Waals surface area contributed by atoms with Crippen LogP contribution >= 0.6 is 0 Å². The average Bonchev–Trinajstić information content (AvgIpc) is 1.86. The molecule has 0 radical (unpaired) electrons. The first-order chi connectivity index (χ1) is 3.63. The highest BCUT2D eigenvalue weighted by molar-refractivity contribution is 5.98. The first-order valence-electron chi connectivity index (χ1n) is 2.88. The maximum atomic E-state index is 7.36. The van der Waals surface area contributed by atoms with Crippen LogP contribution in [-0.2, 0) is 0 Å². The molecule has 0 heterocycles. The maximum Gasteiger partial charge on any atom is 0.0370 e. The number of rotatable bonds is 0. The molecule has 0 aliphatic heterocycles. The Labute approximate surface area is 49.9 Å². The highest BCUT2D eigenvalue weighted by Crippen LogP contribution is 2.27. The number of allylic oxidation sites excluding steroid dienone is 2. The van der Waals surface area contributed by atoms with Crippen molar-refractivity contribution in [1.29, 1.82) is 5.41 Å². The summed E-state index contributed by atoms with van der Waals surface area (Å²) >= 11 is 0. The maximum absolute atomic E-state index is 7.36. The van der Waals surface area contributed by atoms with E-state index in [0.717, 1.165) is 12.1 Å². The quantitative estimate of drug-likeness (QED) is 0.492. The van der Waals surface area contributed by atoms with Crippen molar-refractivity contribution in [2.24, 2.45) is 5.41 Å². The fourth-order valence-corrected chi connectivity index (χ4v) is 0.807. The Hall–Kier alpha value is -0.590. The van der Waals surface area contributed by atoms with Crippen LogP contribution in [0, 0.1) is 10.8 Å². The van der Waals surface area contributed by atoms with Crippen molar-refractivity contribution < 1.29 is 0 Å². The number of hydrogen-bond donors (Lipinski definition) is 1. The van der Waals surface area contributed by atoms with E-state index in [0.29, 0.717) is 0 Å². The highest BCUT2D eigenvalue weighted by atomic mass is 14.5. The third-order valence-corrected chi connectivity index (χ3v) is 1.64. The van der Waals surface area contributed by atoms with Crippen LogP contribution < -0.4 is 0 Å². The minimum absolute atomic E-state index is 0.125. The molecule has 0 atom stereocenters. The monoisotopic (exact) mass is 109 g/mol. The Morgan fingerprint density at radius 3 is 2.38 bits per heavy atom. The third kappa shape index (κ3) is 0.683. The van der Waals surface area contributed by atoms with Crippen LogP contribution in [-0.4, -0.2) is 5.71 Å². The second kappa shape index (κ2) is 1.44. The Morgan fingerprint density at radius 2 is 2.25 bits per heavy atom. The Morgan fingerprint density at radius 1 is 1.62 bits per heavy atom. The molecule has 0 bridgehead atoms. The predicted octanol–water partition coefficient (Wildman–Crippen LogP) is 1.99. The summed E-state index contributed by atoms with van der Waals surface area (Å²) < 4.78 is 0. The van der Waals surface area contributed by atoms with Gasteiger partial charge in [0.1, 0.15) is 0 Å². The molecule has 0 aromatic carbocycles. The molecule has 1 aliphatic carbocycles. The molecule has 0 saturated carbocycles. The van der Waals surface area contributed by atoms with Crippen molar-refractivity contribution in [2.45, 2.75) is 20.3 Å². The summed E-state index contributed by atoms with van der Waals surface area (Å²) in [6.07, 6.45) is 4.98. The fourth-order valence-electron chi connectivity index (χ4n) is 0.807. The summed E-state index contributed by atoms with van der Waals surface area (Å²) in [6.45, 7) is 4.19. The summed E-state index contributed by atoms with van der Waals surface area (Å²) in [5.41, 5.74) is 0.887. The van der Waals surface area contributed by atoms with E-state index in [4.69, 9.17) is 5.41 Å². The fraction of sp³-hybridized carbons (Fsp3) is 0.571. The van der Waals surface area contributed by atoms with E-state index >= 15 is 0 Å². The topological polar surface area (TPSA) is 23.9 Å². The molecule has 0 amide bonds. The zero-order chi connectivity index (χ0) is 6.20. The van der Waals surface area contributed by atoms with Crippen molar-refractivity contribution >= 4 is 5.71 Å².